The molecule has 2 heterocycles. The Labute approximate surface area is 108 Å². The first-order valence-electron chi connectivity index (χ1n) is 5.03. The molecular weight excluding hydrogens is 286 g/mol. The Hall–Kier alpha value is -0.650. The SMILES string of the molecule is CNC(c1sccc1C)c1c(Br)cnn1C. The minimum atomic E-state index is 0.196. The minimum Gasteiger partial charge on any atom is -0.307 e. The molecular formula is C11H14BrN3S. The normalized spacial score (nSPS) is 13.0. The van der Waals surface area contributed by atoms with Crippen molar-refractivity contribution in [2.24, 2.45) is 7.05 Å². The van der Waals surface area contributed by atoms with Gasteiger partial charge in [0.1, 0.15) is 0 Å². The van der Waals surface area contributed by atoms with E-state index in [4.69, 9.17) is 0 Å². The molecule has 2 aromatic heterocycles. The average Bonchev–Trinajstić information content (AvgIpc) is 2.80. The summed E-state index contributed by atoms with van der Waals surface area (Å²) < 4.78 is 2.95. The highest BCUT2D eigenvalue weighted by Gasteiger charge is 2.21. The number of aryl methyl sites for hydroxylation is 2. The van der Waals surface area contributed by atoms with E-state index in [1.165, 1.54) is 10.4 Å². The number of hydrogen-bond donors (Lipinski definition) is 1. The van der Waals surface area contributed by atoms with Crippen LogP contribution >= 0.6 is 27.3 Å². The van der Waals surface area contributed by atoms with Gasteiger partial charge in [0.25, 0.3) is 0 Å². The van der Waals surface area contributed by atoms with E-state index in [2.05, 4.69) is 44.7 Å². The largest absolute Gasteiger partial charge is 0.307 e. The molecule has 2 rings (SSSR count). The van der Waals surface area contributed by atoms with E-state index < -0.39 is 0 Å². The lowest BCUT2D eigenvalue weighted by Gasteiger charge is -2.17. The molecule has 1 N–H and O–H groups in total. The fraction of sp³-hybridized carbons (Fsp3) is 0.364. The Bertz CT molecular complexity index is 470. The minimum absolute atomic E-state index is 0.196. The highest BCUT2D eigenvalue weighted by atomic mass is 79.9. The second kappa shape index (κ2) is 4.69. The number of hydrogen-bond acceptors (Lipinski definition) is 3. The molecule has 0 spiro atoms. The Morgan fingerprint density at radius 3 is 2.75 bits per heavy atom. The standard InChI is InChI=1S/C11H14BrN3S/c1-7-4-5-16-11(7)9(13-2)10-8(12)6-14-15(10)3/h4-6,9,13H,1-3H3. The molecule has 0 aliphatic rings. The van der Waals surface area contributed by atoms with Crippen LogP contribution in [0.5, 0.6) is 0 Å². The maximum atomic E-state index is 4.26. The van der Waals surface area contributed by atoms with Gasteiger partial charge in [-0.05, 0) is 46.9 Å². The molecule has 16 heavy (non-hydrogen) atoms. The lowest BCUT2D eigenvalue weighted by atomic mass is 10.1. The summed E-state index contributed by atoms with van der Waals surface area (Å²) in [6.07, 6.45) is 1.84. The summed E-state index contributed by atoms with van der Waals surface area (Å²) in [5, 5.41) is 9.73. The molecule has 5 heteroatoms. The van der Waals surface area contributed by atoms with Crippen LogP contribution in [-0.2, 0) is 7.05 Å². The van der Waals surface area contributed by atoms with Gasteiger partial charge in [-0.2, -0.15) is 5.10 Å². The van der Waals surface area contributed by atoms with Crippen LogP contribution in [0.1, 0.15) is 22.2 Å². The predicted octanol–water partition coefficient (Wildman–Crippen LogP) is 2.86. The maximum absolute atomic E-state index is 4.26. The van der Waals surface area contributed by atoms with Gasteiger partial charge in [0, 0.05) is 11.9 Å². The number of nitrogens with one attached hydrogen (secondary N) is 1. The smallest absolute Gasteiger partial charge is 0.0853 e. The second-order valence-electron chi connectivity index (χ2n) is 3.69. The van der Waals surface area contributed by atoms with Crippen molar-refractivity contribution >= 4 is 27.3 Å². The number of rotatable bonds is 3. The van der Waals surface area contributed by atoms with E-state index in [0.717, 1.165) is 10.2 Å². The van der Waals surface area contributed by atoms with E-state index in [9.17, 15) is 0 Å². The first-order chi connectivity index (χ1) is 7.65. The highest BCUT2D eigenvalue weighted by Crippen LogP contribution is 2.32. The van der Waals surface area contributed by atoms with Crippen molar-refractivity contribution in [2.45, 2.75) is 13.0 Å². The van der Waals surface area contributed by atoms with Gasteiger partial charge >= 0.3 is 0 Å². The third-order valence-electron chi connectivity index (χ3n) is 2.66. The number of halogens is 1. The van der Waals surface area contributed by atoms with Gasteiger partial charge in [0.15, 0.2) is 0 Å². The van der Waals surface area contributed by atoms with Crippen LogP contribution in [0, 0.1) is 6.92 Å². The number of nitrogens with zero attached hydrogens (tertiary/aromatic N) is 2. The van der Waals surface area contributed by atoms with E-state index in [0.29, 0.717) is 0 Å². The van der Waals surface area contributed by atoms with Gasteiger partial charge in [0.05, 0.1) is 22.4 Å². The molecule has 0 amide bonds. The summed E-state index contributed by atoms with van der Waals surface area (Å²) >= 11 is 5.32. The summed E-state index contributed by atoms with van der Waals surface area (Å²) in [6.45, 7) is 2.14. The molecule has 0 aromatic carbocycles. The Balaban J connectivity index is 2.49. The molecule has 1 atom stereocenters. The maximum Gasteiger partial charge on any atom is 0.0853 e. The first-order valence-corrected chi connectivity index (χ1v) is 6.71. The van der Waals surface area contributed by atoms with Gasteiger partial charge in [-0.25, -0.2) is 0 Å². The molecule has 0 aliphatic heterocycles. The monoisotopic (exact) mass is 299 g/mol. The summed E-state index contributed by atoms with van der Waals surface area (Å²) in [7, 11) is 3.94. The molecule has 86 valence electrons. The van der Waals surface area contributed by atoms with Crippen molar-refractivity contribution in [3.05, 3.63) is 38.3 Å². The van der Waals surface area contributed by atoms with E-state index >= 15 is 0 Å². The van der Waals surface area contributed by atoms with Crippen LogP contribution in [0.2, 0.25) is 0 Å². The molecule has 2 aromatic rings. The van der Waals surface area contributed by atoms with Crippen LogP contribution < -0.4 is 5.32 Å². The average molecular weight is 300 g/mol. The van der Waals surface area contributed by atoms with Gasteiger partial charge in [-0.1, -0.05) is 0 Å². The van der Waals surface area contributed by atoms with Crippen molar-refractivity contribution in [2.75, 3.05) is 7.05 Å². The van der Waals surface area contributed by atoms with Crippen molar-refractivity contribution in [3.63, 3.8) is 0 Å². The summed E-state index contributed by atoms with van der Waals surface area (Å²) in [6, 6.07) is 2.34. The van der Waals surface area contributed by atoms with Gasteiger partial charge in [0.2, 0.25) is 0 Å². The van der Waals surface area contributed by atoms with Crippen LogP contribution in [0.4, 0.5) is 0 Å². The summed E-state index contributed by atoms with van der Waals surface area (Å²) in [5.41, 5.74) is 2.48. The Morgan fingerprint density at radius 1 is 1.56 bits per heavy atom. The van der Waals surface area contributed by atoms with Crippen molar-refractivity contribution in [1.82, 2.24) is 15.1 Å². The zero-order valence-electron chi connectivity index (χ0n) is 9.49. The zero-order chi connectivity index (χ0) is 11.7. The van der Waals surface area contributed by atoms with Gasteiger partial charge in [-0.3, -0.25) is 4.68 Å². The van der Waals surface area contributed by atoms with Crippen LogP contribution in [0.15, 0.2) is 22.1 Å². The summed E-state index contributed by atoms with van der Waals surface area (Å²) in [4.78, 5) is 1.34. The molecule has 0 radical (unpaired) electrons. The topological polar surface area (TPSA) is 29.9 Å². The van der Waals surface area contributed by atoms with Crippen LogP contribution in [-0.4, -0.2) is 16.8 Å². The predicted molar refractivity (Wildman–Crippen MR) is 70.9 cm³/mol. The lowest BCUT2D eigenvalue weighted by Crippen LogP contribution is -2.20. The van der Waals surface area contributed by atoms with Crippen molar-refractivity contribution < 1.29 is 0 Å². The van der Waals surface area contributed by atoms with Crippen molar-refractivity contribution in [3.8, 4) is 0 Å². The third-order valence-corrected chi connectivity index (χ3v) is 4.36. The molecule has 0 saturated heterocycles. The molecule has 3 nitrogen and oxygen atoms in total. The molecule has 0 aliphatic carbocycles. The first kappa shape index (κ1) is 11.8. The lowest BCUT2D eigenvalue weighted by molar-refractivity contribution is 0.609. The quantitative estimate of drug-likeness (QED) is 0.944. The van der Waals surface area contributed by atoms with E-state index in [1.54, 1.807) is 11.3 Å². The molecule has 0 bridgehead atoms. The molecule has 0 fully saturated rings. The zero-order valence-corrected chi connectivity index (χ0v) is 11.9. The number of aromatic nitrogens is 2. The summed E-state index contributed by atoms with van der Waals surface area (Å²) in [5.74, 6) is 0. The fourth-order valence-electron chi connectivity index (χ4n) is 1.82. The highest BCUT2D eigenvalue weighted by molar-refractivity contribution is 9.10. The van der Waals surface area contributed by atoms with Crippen molar-refractivity contribution in [1.29, 1.82) is 0 Å². The fourth-order valence-corrected chi connectivity index (χ4v) is 3.43. The Kier molecular flexibility index (Phi) is 3.47. The Morgan fingerprint density at radius 2 is 2.31 bits per heavy atom. The van der Waals surface area contributed by atoms with Crippen LogP contribution in [0.25, 0.3) is 0 Å². The van der Waals surface area contributed by atoms with E-state index in [-0.39, 0.29) is 6.04 Å². The molecule has 1 unspecified atom stereocenters. The van der Waals surface area contributed by atoms with Gasteiger partial charge < -0.3 is 5.32 Å². The van der Waals surface area contributed by atoms with E-state index in [1.807, 2.05) is 25.0 Å². The molecule has 0 saturated carbocycles. The van der Waals surface area contributed by atoms with Gasteiger partial charge in [-0.15, -0.1) is 11.3 Å². The van der Waals surface area contributed by atoms with Crippen LogP contribution in [0.3, 0.4) is 0 Å². The number of thiophene rings is 1. The second-order valence-corrected chi connectivity index (χ2v) is 5.49. The third kappa shape index (κ3) is 1.95.